The monoisotopic (exact) mass is 213 g/mol. The van der Waals surface area contributed by atoms with E-state index in [-0.39, 0.29) is 29.8 Å². The minimum atomic E-state index is -0.420. The predicted octanol–water partition coefficient (Wildman–Crippen LogP) is 1.09. The average molecular weight is 213 g/mol. The van der Waals surface area contributed by atoms with E-state index < -0.39 is 6.04 Å². The summed E-state index contributed by atoms with van der Waals surface area (Å²) in [6, 6.07) is -0.420. The van der Waals surface area contributed by atoms with Gasteiger partial charge in [-0.2, -0.15) is 0 Å². The highest BCUT2D eigenvalue weighted by molar-refractivity contribution is 5.89. The summed E-state index contributed by atoms with van der Waals surface area (Å²) in [6.07, 6.45) is 0.731. The lowest BCUT2D eigenvalue weighted by atomic mass is 10.0. The third kappa shape index (κ3) is 5.30. The second-order valence-electron chi connectivity index (χ2n) is 3.85. The van der Waals surface area contributed by atoms with Crippen LogP contribution in [0, 0.1) is 5.92 Å². The summed E-state index contributed by atoms with van der Waals surface area (Å²) < 4.78 is 0. The summed E-state index contributed by atoms with van der Waals surface area (Å²) >= 11 is 0. The van der Waals surface area contributed by atoms with Crippen LogP contribution in [0.15, 0.2) is 0 Å². The topological polar surface area (TPSA) is 63.2 Å². The molecular weight excluding hydrogens is 194 g/mol. The summed E-state index contributed by atoms with van der Waals surface area (Å²) in [7, 11) is 0. The van der Waals surface area contributed by atoms with Gasteiger partial charge in [0.1, 0.15) is 5.78 Å². The number of nitrogens with one attached hydrogen (secondary N) is 1. The first kappa shape index (κ1) is 13.8. The van der Waals surface area contributed by atoms with Crippen molar-refractivity contribution in [3.63, 3.8) is 0 Å². The molecule has 1 amide bonds. The van der Waals surface area contributed by atoms with Crippen LogP contribution in [0.2, 0.25) is 0 Å². The molecule has 0 aliphatic rings. The zero-order valence-electron chi connectivity index (χ0n) is 9.79. The molecule has 4 nitrogen and oxygen atoms in total. The lowest BCUT2D eigenvalue weighted by Crippen LogP contribution is -2.40. The number of hydrogen-bond donors (Lipinski definition) is 1. The molecule has 0 aromatic heterocycles. The van der Waals surface area contributed by atoms with Gasteiger partial charge in [-0.3, -0.25) is 14.4 Å². The third-order valence-corrected chi connectivity index (χ3v) is 2.42. The molecule has 1 N–H and O–H groups in total. The van der Waals surface area contributed by atoms with Crippen LogP contribution in [-0.2, 0) is 14.4 Å². The van der Waals surface area contributed by atoms with Crippen molar-refractivity contribution in [2.75, 3.05) is 0 Å². The smallest absolute Gasteiger partial charge is 0.221 e. The maximum atomic E-state index is 11.4. The summed E-state index contributed by atoms with van der Waals surface area (Å²) in [4.78, 5) is 33.4. The summed E-state index contributed by atoms with van der Waals surface area (Å²) in [6.45, 7) is 6.44. The highest BCUT2D eigenvalue weighted by Crippen LogP contribution is 2.03. The van der Waals surface area contributed by atoms with Crippen molar-refractivity contribution in [2.24, 2.45) is 5.92 Å². The maximum absolute atomic E-state index is 11.4. The van der Waals surface area contributed by atoms with E-state index in [1.165, 1.54) is 13.8 Å². The van der Waals surface area contributed by atoms with Gasteiger partial charge in [-0.25, -0.2) is 0 Å². The van der Waals surface area contributed by atoms with Crippen LogP contribution in [0.1, 0.15) is 40.5 Å². The molecular formula is C11H19NO3. The summed E-state index contributed by atoms with van der Waals surface area (Å²) in [5.41, 5.74) is 0. The average Bonchev–Trinajstić information content (AvgIpc) is 2.13. The molecule has 15 heavy (non-hydrogen) atoms. The molecule has 0 saturated heterocycles. The van der Waals surface area contributed by atoms with Crippen molar-refractivity contribution >= 4 is 17.5 Å². The molecule has 0 aliphatic carbocycles. The number of rotatable bonds is 6. The lowest BCUT2D eigenvalue weighted by Gasteiger charge is -2.14. The Morgan fingerprint density at radius 3 is 2.00 bits per heavy atom. The Bertz CT molecular complexity index is 261. The van der Waals surface area contributed by atoms with Crippen molar-refractivity contribution in [3.05, 3.63) is 0 Å². The number of ketones is 2. The molecule has 0 aromatic carbocycles. The fraction of sp³-hybridized carbons (Fsp3) is 0.727. The van der Waals surface area contributed by atoms with E-state index in [0.717, 1.165) is 0 Å². The van der Waals surface area contributed by atoms with Crippen molar-refractivity contribution in [3.8, 4) is 0 Å². The fourth-order valence-corrected chi connectivity index (χ4v) is 1.17. The lowest BCUT2D eigenvalue weighted by molar-refractivity contribution is -0.129. The van der Waals surface area contributed by atoms with E-state index in [9.17, 15) is 14.4 Å². The Hall–Kier alpha value is -1.19. The number of carbonyl (C=O) groups excluding carboxylic acids is 3. The standard InChI is InChI=1S/C11H19NO3/c1-5-10(9(4)14)12-11(15)6-7(2)8(3)13/h7,10H,5-6H2,1-4H3,(H,12,15). The molecule has 0 bridgehead atoms. The van der Waals surface area contributed by atoms with Crippen LogP contribution in [0.4, 0.5) is 0 Å². The second-order valence-corrected chi connectivity index (χ2v) is 3.85. The molecule has 0 fully saturated rings. The largest absolute Gasteiger partial charge is 0.346 e. The molecule has 86 valence electrons. The van der Waals surface area contributed by atoms with Gasteiger partial charge in [-0.1, -0.05) is 13.8 Å². The Labute approximate surface area is 90.4 Å². The first-order valence-electron chi connectivity index (χ1n) is 5.18. The maximum Gasteiger partial charge on any atom is 0.221 e. The first-order chi connectivity index (χ1) is 6.88. The van der Waals surface area contributed by atoms with Gasteiger partial charge in [0, 0.05) is 12.3 Å². The molecule has 0 heterocycles. The van der Waals surface area contributed by atoms with Crippen LogP contribution >= 0.6 is 0 Å². The van der Waals surface area contributed by atoms with Crippen LogP contribution < -0.4 is 5.32 Å². The van der Waals surface area contributed by atoms with E-state index >= 15 is 0 Å². The second kappa shape index (κ2) is 6.32. The van der Waals surface area contributed by atoms with Gasteiger partial charge in [0.15, 0.2) is 5.78 Å². The SMILES string of the molecule is CCC(NC(=O)CC(C)C(C)=O)C(C)=O. The molecule has 0 aliphatic heterocycles. The van der Waals surface area contributed by atoms with Gasteiger partial charge in [-0.15, -0.1) is 0 Å². The molecule has 0 radical (unpaired) electrons. The van der Waals surface area contributed by atoms with E-state index in [1.54, 1.807) is 6.92 Å². The van der Waals surface area contributed by atoms with Gasteiger partial charge in [0.25, 0.3) is 0 Å². The number of amides is 1. The third-order valence-electron chi connectivity index (χ3n) is 2.42. The quantitative estimate of drug-likeness (QED) is 0.718. The molecule has 0 saturated carbocycles. The zero-order valence-corrected chi connectivity index (χ0v) is 9.79. The van der Waals surface area contributed by atoms with Crippen LogP contribution in [-0.4, -0.2) is 23.5 Å². The van der Waals surface area contributed by atoms with E-state index in [1.807, 2.05) is 6.92 Å². The van der Waals surface area contributed by atoms with Gasteiger partial charge >= 0.3 is 0 Å². The minimum Gasteiger partial charge on any atom is -0.346 e. The van der Waals surface area contributed by atoms with Gasteiger partial charge in [0.2, 0.25) is 5.91 Å². The normalized spacial score (nSPS) is 14.1. The van der Waals surface area contributed by atoms with Crippen LogP contribution in [0.5, 0.6) is 0 Å². The molecule has 2 atom stereocenters. The van der Waals surface area contributed by atoms with Crippen molar-refractivity contribution in [2.45, 2.75) is 46.6 Å². The number of Topliss-reactive ketones (excluding diaryl/α,β-unsaturated/α-hetero) is 2. The van der Waals surface area contributed by atoms with E-state index in [4.69, 9.17) is 0 Å². The Balaban J connectivity index is 4.13. The highest BCUT2D eigenvalue weighted by Gasteiger charge is 2.18. The summed E-state index contributed by atoms with van der Waals surface area (Å²) in [5, 5.41) is 2.61. The molecule has 0 rings (SSSR count). The van der Waals surface area contributed by atoms with Crippen molar-refractivity contribution in [1.29, 1.82) is 0 Å². The zero-order chi connectivity index (χ0) is 12.0. The van der Waals surface area contributed by atoms with E-state index in [2.05, 4.69) is 5.32 Å². The number of hydrogen-bond acceptors (Lipinski definition) is 3. The van der Waals surface area contributed by atoms with Crippen molar-refractivity contribution in [1.82, 2.24) is 5.32 Å². The van der Waals surface area contributed by atoms with Gasteiger partial charge in [0.05, 0.1) is 6.04 Å². The fourth-order valence-electron chi connectivity index (χ4n) is 1.17. The van der Waals surface area contributed by atoms with Crippen LogP contribution in [0.25, 0.3) is 0 Å². The van der Waals surface area contributed by atoms with E-state index in [0.29, 0.717) is 6.42 Å². The van der Waals surface area contributed by atoms with Crippen LogP contribution in [0.3, 0.4) is 0 Å². The van der Waals surface area contributed by atoms with Gasteiger partial charge < -0.3 is 5.32 Å². The molecule has 0 aromatic rings. The minimum absolute atomic E-state index is 0.0129. The Morgan fingerprint density at radius 2 is 1.67 bits per heavy atom. The predicted molar refractivity (Wildman–Crippen MR) is 57.4 cm³/mol. The highest BCUT2D eigenvalue weighted by atomic mass is 16.2. The Kier molecular flexibility index (Phi) is 5.82. The summed E-state index contributed by atoms with van der Waals surface area (Å²) in [5.74, 6) is -0.587. The first-order valence-corrected chi connectivity index (χ1v) is 5.18. The number of carbonyl (C=O) groups is 3. The van der Waals surface area contributed by atoms with Crippen molar-refractivity contribution < 1.29 is 14.4 Å². The molecule has 2 unspecified atom stereocenters. The molecule has 4 heteroatoms. The molecule has 0 spiro atoms. The Morgan fingerprint density at radius 1 is 1.13 bits per heavy atom. The van der Waals surface area contributed by atoms with Gasteiger partial charge in [-0.05, 0) is 20.3 Å².